The molecule has 33 heavy (non-hydrogen) atoms. The van der Waals surface area contributed by atoms with Crippen LogP contribution in [-0.4, -0.2) is 68.6 Å². The Balaban J connectivity index is 1.17. The van der Waals surface area contributed by atoms with Crippen molar-refractivity contribution in [1.82, 2.24) is 19.8 Å². The van der Waals surface area contributed by atoms with Crippen molar-refractivity contribution in [2.24, 2.45) is 0 Å². The van der Waals surface area contributed by atoms with Crippen LogP contribution in [0.4, 0.5) is 10.7 Å². The first kappa shape index (κ1) is 21.9. The van der Waals surface area contributed by atoms with Gasteiger partial charge in [0, 0.05) is 43.1 Å². The molecule has 1 aromatic carbocycles. The second-order valence-electron chi connectivity index (χ2n) is 10.2. The molecule has 1 spiro atoms. The van der Waals surface area contributed by atoms with E-state index in [2.05, 4.69) is 21.4 Å². The zero-order valence-electron chi connectivity index (χ0n) is 19.1. The predicted octanol–water partition coefficient (Wildman–Crippen LogP) is 3.54. The van der Waals surface area contributed by atoms with Crippen LogP contribution in [-0.2, 0) is 17.6 Å². The first-order valence-corrected chi connectivity index (χ1v) is 11.7. The van der Waals surface area contributed by atoms with Crippen LogP contribution in [0.3, 0.4) is 0 Å². The summed E-state index contributed by atoms with van der Waals surface area (Å²) in [4.78, 5) is 37.5. The molecule has 3 heterocycles. The molecule has 174 valence electrons. The van der Waals surface area contributed by atoms with Gasteiger partial charge in [-0.05, 0) is 63.3 Å². The van der Waals surface area contributed by atoms with Crippen LogP contribution in [0.15, 0.2) is 30.6 Å². The molecule has 2 aliphatic heterocycles. The molecule has 1 aromatic heterocycles. The largest absolute Gasteiger partial charge is 0.444 e. The molecule has 8 nitrogen and oxygen atoms in total. The summed E-state index contributed by atoms with van der Waals surface area (Å²) < 4.78 is 5.43. The molecule has 3 aliphatic rings. The maximum absolute atomic E-state index is 13.1. The Hall–Kier alpha value is -2.87. The summed E-state index contributed by atoms with van der Waals surface area (Å²) in [7, 11) is 0. The summed E-state index contributed by atoms with van der Waals surface area (Å²) in [6, 6.07) is 6.19. The van der Waals surface area contributed by atoms with E-state index >= 15 is 0 Å². The summed E-state index contributed by atoms with van der Waals surface area (Å²) in [5, 5.41) is 4.11. The summed E-state index contributed by atoms with van der Waals surface area (Å²) in [6.07, 6.45) is 5.46. The number of fused-ring (bicyclic) bond motifs is 1. The number of anilines is 1. The number of carbonyl (C=O) groups is 2. The molecule has 2 saturated heterocycles. The number of benzene rings is 1. The number of nitrogens with zero attached hydrogens (tertiary/aromatic N) is 4. The first-order valence-electron chi connectivity index (χ1n) is 11.3. The number of ether oxygens (including phenoxy) is 1. The minimum Gasteiger partial charge on any atom is -0.444 e. The summed E-state index contributed by atoms with van der Waals surface area (Å²) in [5.41, 5.74) is 2.17. The highest BCUT2D eigenvalue weighted by molar-refractivity contribution is 6.30. The van der Waals surface area contributed by atoms with Gasteiger partial charge in [-0.15, -0.1) is 0 Å². The highest BCUT2D eigenvalue weighted by atomic mass is 35.5. The number of hydrogen-bond donors (Lipinski definition) is 1. The Labute approximate surface area is 198 Å². The van der Waals surface area contributed by atoms with Gasteiger partial charge in [0.1, 0.15) is 5.60 Å². The summed E-state index contributed by atoms with van der Waals surface area (Å²) in [6.45, 7) is 7.21. The van der Waals surface area contributed by atoms with Crippen LogP contribution in [0.1, 0.15) is 48.7 Å². The van der Waals surface area contributed by atoms with Gasteiger partial charge >= 0.3 is 6.09 Å². The quantitative estimate of drug-likeness (QED) is 0.739. The Kier molecular flexibility index (Phi) is 5.23. The molecule has 1 unspecified atom stereocenters. The van der Waals surface area contributed by atoms with Gasteiger partial charge in [-0.1, -0.05) is 17.7 Å². The van der Waals surface area contributed by atoms with Gasteiger partial charge < -0.3 is 19.9 Å². The Morgan fingerprint density at radius 2 is 1.85 bits per heavy atom. The van der Waals surface area contributed by atoms with Crippen molar-refractivity contribution in [3.8, 4) is 0 Å². The van der Waals surface area contributed by atoms with Gasteiger partial charge in [0.25, 0.3) is 5.91 Å². The van der Waals surface area contributed by atoms with E-state index in [1.54, 1.807) is 17.3 Å². The van der Waals surface area contributed by atoms with Gasteiger partial charge in [-0.25, -0.2) is 14.8 Å². The third kappa shape index (κ3) is 4.24. The monoisotopic (exact) mass is 469 g/mol. The molecule has 0 saturated carbocycles. The molecule has 1 atom stereocenters. The van der Waals surface area contributed by atoms with E-state index in [-0.39, 0.29) is 23.6 Å². The molecule has 0 radical (unpaired) electrons. The molecule has 2 amide bonds. The molecular formula is C24H28ClN5O3. The zero-order valence-corrected chi connectivity index (χ0v) is 19.9. The number of amides is 2. The highest BCUT2D eigenvalue weighted by Crippen LogP contribution is 2.40. The highest BCUT2D eigenvalue weighted by Gasteiger charge is 2.57. The number of aromatic nitrogens is 2. The van der Waals surface area contributed by atoms with Gasteiger partial charge in [-0.3, -0.25) is 4.79 Å². The van der Waals surface area contributed by atoms with Crippen molar-refractivity contribution in [2.75, 3.05) is 25.0 Å². The smallest absolute Gasteiger partial charge is 0.410 e. The number of carbonyl (C=O) groups excluding carboxylic acids is 2. The molecule has 1 N–H and O–H groups in total. The van der Waals surface area contributed by atoms with Gasteiger partial charge in [-0.2, -0.15) is 0 Å². The average molecular weight is 470 g/mol. The van der Waals surface area contributed by atoms with Crippen LogP contribution < -0.4 is 5.32 Å². The van der Waals surface area contributed by atoms with Crippen molar-refractivity contribution in [1.29, 1.82) is 0 Å². The lowest BCUT2D eigenvalue weighted by Gasteiger charge is -2.61. The van der Waals surface area contributed by atoms with Gasteiger partial charge in [0.15, 0.2) is 0 Å². The van der Waals surface area contributed by atoms with Crippen molar-refractivity contribution < 1.29 is 14.3 Å². The van der Waals surface area contributed by atoms with E-state index in [0.717, 1.165) is 24.3 Å². The molecule has 5 rings (SSSR count). The number of halogens is 1. The molecule has 9 heteroatoms. The van der Waals surface area contributed by atoms with Crippen LogP contribution in [0.25, 0.3) is 0 Å². The first-order chi connectivity index (χ1) is 15.6. The topological polar surface area (TPSA) is 87.7 Å². The number of nitrogens with one attached hydrogen (secondary N) is 1. The van der Waals surface area contributed by atoms with Crippen LogP contribution >= 0.6 is 11.6 Å². The second kappa shape index (κ2) is 7.87. The van der Waals surface area contributed by atoms with E-state index in [1.165, 1.54) is 11.1 Å². The molecule has 0 bridgehead atoms. The van der Waals surface area contributed by atoms with Crippen molar-refractivity contribution in [2.45, 2.75) is 57.2 Å². The maximum atomic E-state index is 13.1. The van der Waals surface area contributed by atoms with E-state index in [9.17, 15) is 9.59 Å². The lowest BCUT2D eigenvalue weighted by molar-refractivity contribution is -0.0994. The standard InChI is InChI=1S/C24H28ClN5O3/c1-23(2,3)33-22(32)29-13-24(14-29)6-7-30(24)20(31)17-11-26-21(27-12-17)28-19-9-15-4-5-18(25)8-16(15)10-19/h4-5,8,11-12,19H,6-7,9-10,13-14H2,1-3H3,(H,26,27,28). The van der Waals surface area contributed by atoms with E-state index in [4.69, 9.17) is 16.3 Å². The Morgan fingerprint density at radius 1 is 1.15 bits per heavy atom. The van der Waals surface area contributed by atoms with E-state index in [1.807, 2.05) is 37.8 Å². The van der Waals surface area contributed by atoms with Crippen molar-refractivity contribution >= 4 is 29.5 Å². The van der Waals surface area contributed by atoms with Crippen LogP contribution in [0.2, 0.25) is 5.02 Å². The normalized spacial score (nSPS) is 20.7. The fourth-order valence-electron chi connectivity index (χ4n) is 4.85. The third-order valence-electron chi connectivity index (χ3n) is 6.57. The molecular weight excluding hydrogens is 442 g/mol. The Morgan fingerprint density at radius 3 is 2.48 bits per heavy atom. The fraction of sp³-hybridized carbons (Fsp3) is 0.500. The average Bonchev–Trinajstić information content (AvgIpc) is 3.06. The minimum atomic E-state index is -0.531. The van der Waals surface area contributed by atoms with Crippen molar-refractivity contribution in [3.63, 3.8) is 0 Å². The minimum absolute atomic E-state index is 0.0976. The summed E-state index contributed by atoms with van der Waals surface area (Å²) in [5.74, 6) is 0.410. The number of rotatable bonds is 3. The van der Waals surface area contributed by atoms with Crippen molar-refractivity contribution in [3.05, 3.63) is 52.3 Å². The SMILES string of the molecule is CC(C)(C)OC(=O)N1CC2(CCN2C(=O)c2cnc(NC3Cc4ccc(Cl)cc4C3)nc2)C1. The molecule has 2 aromatic rings. The second-order valence-corrected chi connectivity index (χ2v) is 10.7. The molecule has 2 fully saturated rings. The lowest BCUT2D eigenvalue weighted by atomic mass is 9.77. The van der Waals surface area contributed by atoms with Crippen LogP contribution in [0.5, 0.6) is 0 Å². The molecule has 1 aliphatic carbocycles. The van der Waals surface area contributed by atoms with E-state index in [0.29, 0.717) is 31.1 Å². The van der Waals surface area contributed by atoms with Gasteiger partial charge in [0.2, 0.25) is 5.95 Å². The van der Waals surface area contributed by atoms with Crippen LogP contribution in [0, 0.1) is 0 Å². The Bertz CT molecular complexity index is 1090. The number of likely N-dealkylation sites (tertiary alicyclic amines) is 2. The number of hydrogen-bond acceptors (Lipinski definition) is 6. The maximum Gasteiger partial charge on any atom is 0.410 e. The van der Waals surface area contributed by atoms with Gasteiger partial charge in [0.05, 0.1) is 11.1 Å². The van der Waals surface area contributed by atoms with E-state index < -0.39 is 5.60 Å². The third-order valence-corrected chi connectivity index (χ3v) is 6.81. The fourth-order valence-corrected chi connectivity index (χ4v) is 5.04. The lowest BCUT2D eigenvalue weighted by Crippen LogP contribution is -2.78. The predicted molar refractivity (Wildman–Crippen MR) is 124 cm³/mol. The zero-order chi connectivity index (χ0) is 23.4. The summed E-state index contributed by atoms with van der Waals surface area (Å²) >= 11 is 6.10.